The van der Waals surface area contributed by atoms with Crippen molar-refractivity contribution >= 4 is 11.7 Å². The lowest BCUT2D eigenvalue weighted by atomic mass is 9.91. The molecule has 3 nitrogen and oxygen atoms in total. The molecule has 96 valence electrons. The van der Waals surface area contributed by atoms with Crippen molar-refractivity contribution in [2.45, 2.75) is 58.9 Å². The minimum atomic E-state index is -0.234. The highest BCUT2D eigenvalue weighted by Crippen LogP contribution is 2.55. The van der Waals surface area contributed by atoms with Gasteiger partial charge in [0.2, 0.25) is 5.78 Å². The van der Waals surface area contributed by atoms with Gasteiger partial charge in [0.25, 0.3) is 5.91 Å². The molecule has 0 spiro atoms. The molecule has 0 aromatic carbocycles. The van der Waals surface area contributed by atoms with E-state index in [1.165, 1.54) is 12.8 Å². The maximum absolute atomic E-state index is 12.2. The van der Waals surface area contributed by atoms with Gasteiger partial charge in [-0.1, -0.05) is 20.8 Å². The molecule has 1 atom stereocenters. The van der Waals surface area contributed by atoms with Gasteiger partial charge in [0.15, 0.2) is 0 Å². The molecule has 1 unspecified atom stereocenters. The van der Waals surface area contributed by atoms with Crippen LogP contribution in [-0.2, 0) is 9.59 Å². The lowest BCUT2D eigenvalue weighted by Crippen LogP contribution is -2.45. The van der Waals surface area contributed by atoms with Crippen LogP contribution < -0.4 is 0 Å². The van der Waals surface area contributed by atoms with Gasteiger partial charge in [-0.05, 0) is 37.5 Å². The lowest BCUT2D eigenvalue weighted by molar-refractivity contribution is -0.147. The summed E-state index contributed by atoms with van der Waals surface area (Å²) in [6.07, 6.45) is 5.74. The van der Waals surface area contributed by atoms with Gasteiger partial charge in [-0.15, -0.1) is 0 Å². The van der Waals surface area contributed by atoms with Crippen LogP contribution in [0, 0.1) is 11.3 Å². The van der Waals surface area contributed by atoms with Crippen molar-refractivity contribution in [2.75, 3.05) is 6.54 Å². The molecule has 1 amide bonds. The van der Waals surface area contributed by atoms with E-state index in [0.29, 0.717) is 11.5 Å². The Hall–Kier alpha value is -0.860. The van der Waals surface area contributed by atoms with Gasteiger partial charge in [0.1, 0.15) is 0 Å². The van der Waals surface area contributed by atoms with Gasteiger partial charge < -0.3 is 4.90 Å². The number of rotatable bonds is 4. The number of hydrogen-bond donors (Lipinski definition) is 0. The predicted molar refractivity (Wildman–Crippen MR) is 66.5 cm³/mol. The van der Waals surface area contributed by atoms with Crippen molar-refractivity contribution in [1.29, 1.82) is 0 Å². The summed E-state index contributed by atoms with van der Waals surface area (Å²) in [4.78, 5) is 25.9. The first-order valence-corrected chi connectivity index (χ1v) is 6.86. The number of carbonyl (C=O) groups is 2. The Kier molecular flexibility index (Phi) is 3.28. The molecule has 1 saturated heterocycles. The number of nitrogens with zero attached hydrogens (tertiary/aromatic N) is 1. The summed E-state index contributed by atoms with van der Waals surface area (Å²) in [6, 6.07) is 0.336. The van der Waals surface area contributed by atoms with Crippen LogP contribution in [0.4, 0.5) is 0 Å². The number of Topliss-reactive ketones (excluding diaryl/α,β-unsaturated/α-hetero) is 1. The van der Waals surface area contributed by atoms with E-state index in [-0.39, 0.29) is 17.6 Å². The van der Waals surface area contributed by atoms with Crippen LogP contribution in [0.15, 0.2) is 0 Å². The van der Waals surface area contributed by atoms with Gasteiger partial charge >= 0.3 is 0 Å². The molecule has 1 heterocycles. The molecule has 1 aliphatic carbocycles. The molecule has 3 heteroatoms. The maximum Gasteiger partial charge on any atom is 0.290 e. The fourth-order valence-corrected chi connectivity index (χ4v) is 3.12. The van der Waals surface area contributed by atoms with Crippen molar-refractivity contribution in [3.8, 4) is 0 Å². The van der Waals surface area contributed by atoms with Crippen LogP contribution in [0.5, 0.6) is 0 Å². The van der Waals surface area contributed by atoms with E-state index in [1.54, 1.807) is 13.8 Å². The number of ketones is 1. The summed E-state index contributed by atoms with van der Waals surface area (Å²) in [5.74, 6) is -0.633. The molecule has 0 aromatic rings. The Labute approximate surface area is 104 Å². The van der Waals surface area contributed by atoms with E-state index in [9.17, 15) is 9.59 Å². The van der Waals surface area contributed by atoms with Crippen molar-refractivity contribution in [1.82, 2.24) is 4.90 Å². The molecule has 2 aliphatic rings. The Morgan fingerprint density at radius 1 is 1.35 bits per heavy atom. The van der Waals surface area contributed by atoms with Crippen molar-refractivity contribution in [2.24, 2.45) is 11.3 Å². The Morgan fingerprint density at radius 3 is 2.47 bits per heavy atom. The third-order valence-corrected chi connectivity index (χ3v) is 4.55. The Balaban J connectivity index is 2.10. The molecule has 0 N–H and O–H groups in total. The van der Waals surface area contributed by atoms with E-state index in [1.807, 2.05) is 4.90 Å². The Morgan fingerprint density at radius 2 is 2.00 bits per heavy atom. The average Bonchev–Trinajstić information content (AvgIpc) is 2.96. The minimum Gasteiger partial charge on any atom is -0.333 e. The fourth-order valence-electron chi connectivity index (χ4n) is 3.12. The van der Waals surface area contributed by atoms with Crippen LogP contribution in [-0.4, -0.2) is 29.2 Å². The molecule has 17 heavy (non-hydrogen) atoms. The quantitative estimate of drug-likeness (QED) is 0.704. The van der Waals surface area contributed by atoms with E-state index in [4.69, 9.17) is 0 Å². The third kappa shape index (κ3) is 2.12. The van der Waals surface area contributed by atoms with Crippen LogP contribution in [0.2, 0.25) is 0 Å². The Bertz CT molecular complexity index is 331. The van der Waals surface area contributed by atoms with Gasteiger partial charge in [-0.3, -0.25) is 9.59 Å². The largest absolute Gasteiger partial charge is 0.333 e. The molecule has 1 aliphatic heterocycles. The second kappa shape index (κ2) is 4.43. The zero-order valence-corrected chi connectivity index (χ0v) is 11.2. The van der Waals surface area contributed by atoms with Crippen molar-refractivity contribution < 1.29 is 9.59 Å². The second-order valence-electron chi connectivity index (χ2n) is 5.89. The number of likely N-dealkylation sites (tertiary alicyclic amines) is 1. The summed E-state index contributed by atoms with van der Waals surface area (Å²) in [7, 11) is 0. The predicted octanol–water partition coefficient (Wildman–Crippen LogP) is 2.39. The SMILES string of the molecule is CCC1(C2CCCN2C(=O)C(=O)C(C)C)CC1. The zero-order valence-electron chi connectivity index (χ0n) is 11.2. The second-order valence-corrected chi connectivity index (χ2v) is 5.89. The molecule has 0 radical (unpaired) electrons. The van der Waals surface area contributed by atoms with Gasteiger partial charge in [0, 0.05) is 18.5 Å². The lowest BCUT2D eigenvalue weighted by Gasteiger charge is -2.31. The average molecular weight is 237 g/mol. The topological polar surface area (TPSA) is 37.4 Å². The maximum atomic E-state index is 12.2. The van der Waals surface area contributed by atoms with Crippen LogP contribution in [0.3, 0.4) is 0 Å². The highest BCUT2D eigenvalue weighted by atomic mass is 16.2. The van der Waals surface area contributed by atoms with E-state index >= 15 is 0 Å². The molecule has 2 fully saturated rings. The first-order valence-electron chi connectivity index (χ1n) is 6.86. The van der Waals surface area contributed by atoms with Gasteiger partial charge in [0.05, 0.1) is 0 Å². The normalized spacial score (nSPS) is 26.4. The summed E-state index contributed by atoms with van der Waals surface area (Å²) in [5, 5.41) is 0. The molecular weight excluding hydrogens is 214 g/mol. The highest BCUT2D eigenvalue weighted by Gasteiger charge is 2.52. The molecular formula is C14H23NO2. The smallest absolute Gasteiger partial charge is 0.290 e. The first-order chi connectivity index (χ1) is 8.02. The summed E-state index contributed by atoms with van der Waals surface area (Å²) in [6.45, 7) is 6.60. The summed E-state index contributed by atoms with van der Waals surface area (Å²) < 4.78 is 0. The molecule has 0 aromatic heterocycles. The van der Waals surface area contributed by atoms with Gasteiger partial charge in [-0.2, -0.15) is 0 Å². The summed E-state index contributed by atoms with van der Waals surface area (Å²) >= 11 is 0. The highest BCUT2D eigenvalue weighted by molar-refractivity contribution is 6.36. The summed E-state index contributed by atoms with van der Waals surface area (Å²) in [5.41, 5.74) is 0.351. The molecule has 1 saturated carbocycles. The number of amides is 1. The van der Waals surface area contributed by atoms with Crippen molar-refractivity contribution in [3.63, 3.8) is 0 Å². The van der Waals surface area contributed by atoms with Crippen LogP contribution in [0.25, 0.3) is 0 Å². The fraction of sp³-hybridized carbons (Fsp3) is 0.857. The minimum absolute atomic E-state index is 0.180. The van der Waals surface area contributed by atoms with E-state index < -0.39 is 0 Å². The first kappa shape index (κ1) is 12.6. The van der Waals surface area contributed by atoms with E-state index in [0.717, 1.165) is 25.8 Å². The van der Waals surface area contributed by atoms with Crippen LogP contribution in [0.1, 0.15) is 52.9 Å². The zero-order chi connectivity index (χ0) is 12.6. The molecule has 0 bridgehead atoms. The van der Waals surface area contributed by atoms with Gasteiger partial charge in [-0.25, -0.2) is 0 Å². The third-order valence-electron chi connectivity index (χ3n) is 4.55. The van der Waals surface area contributed by atoms with Crippen LogP contribution >= 0.6 is 0 Å². The monoisotopic (exact) mass is 237 g/mol. The van der Waals surface area contributed by atoms with Crippen molar-refractivity contribution in [3.05, 3.63) is 0 Å². The van der Waals surface area contributed by atoms with E-state index in [2.05, 4.69) is 6.92 Å². The standard InChI is InChI=1S/C14H23NO2/c1-4-14(7-8-14)11-6-5-9-15(11)13(17)12(16)10(2)3/h10-11H,4-9H2,1-3H3. The number of hydrogen-bond acceptors (Lipinski definition) is 2. The number of carbonyl (C=O) groups excluding carboxylic acids is 2. The molecule has 2 rings (SSSR count).